The molecular weight excluding hydrogens is 609 g/mol. The molecule has 12 nitrogen and oxygen atoms in total. The molecule has 2 aromatic rings. The number of hydrogen-bond acceptors (Lipinski definition) is 10. The Morgan fingerprint density at radius 1 is 1.23 bits per heavy atom. The van der Waals surface area contributed by atoms with E-state index >= 15 is 0 Å². The molecule has 0 aliphatic carbocycles. The Morgan fingerprint density at radius 2 is 1.98 bits per heavy atom. The second kappa shape index (κ2) is 12.6. The number of fused-ring (bicyclic) bond motifs is 9. The van der Waals surface area contributed by atoms with Crippen molar-refractivity contribution in [2.45, 2.75) is 69.9 Å². The number of nitrogens with one attached hydrogen (secondary N) is 2. The average molecular weight is 650 g/mol. The summed E-state index contributed by atoms with van der Waals surface area (Å²) in [6.07, 6.45) is 2.60. The van der Waals surface area contributed by atoms with Gasteiger partial charge in [0.1, 0.15) is 24.4 Å². The molecule has 0 saturated carbocycles. The minimum atomic E-state index is -1.24. The van der Waals surface area contributed by atoms with Crippen molar-refractivity contribution < 1.29 is 38.0 Å². The van der Waals surface area contributed by atoms with Gasteiger partial charge < -0.3 is 34.7 Å². The van der Waals surface area contributed by atoms with Crippen LogP contribution < -0.4 is 29.6 Å². The Kier molecular flexibility index (Phi) is 8.67. The summed E-state index contributed by atoms with van der Waals surface area (Å²) in [5, 5.41) is 27.8. The Balaban J connectivity index is 1.54. The number of aryl methyl sites for hydroxylation is 1. The number of amides is 2. The van der Waals surface area contributed by atoms with E-state index in [1.807, 2.05) is 27.0 Å². The van der Waals surface area contributed by atoms with Crippen molar-refractivity contribution in [2.75, 3.05) is 40.8 Å². The Hall–Kier alpha value is -4.54. The number of nitrogens with zero attached hydrogens (tertiary/aromatic N) is 3. The van der Waals surface area contributed by atoms with Gasteiger partial charge in [-0.15, -0.1) is 0 Å². The third kappa shape index (κ3) is 5.10. The fourth-order valence-corrected chi connectivity index (χ4v) is 8.06. The molecule has 4 aliphatic rings. The number of carbonyl (C=O) groups is 2. The monoisotopic (exact) mass is 649 g/mol. The first-order valence-corrected chi connectivity index (χ1v) is 15.7. The summed E-state index contributed by atoms with van der Waals surface area (Å²) in [5.41, 5.74) is 4.88. The molecule has 250 valence electrons. The Labute approximate surface area is 273 Å². The SMILES string of the molecule is C=CCOc1c(C)c2c(c3c1CC1[C@@H]4c5c(cc(C)c(OC)c5O)C[C@@H](C(C#N)N1[C@H]3CNC(=O)[C@H](C)NC(=O)CF)N4C)OCO2. The van der Waals surface area contributed by atoms with Crippen molar-refractivity contribution in [1.82, 2.24) is 20.4 Å². The van der Waals surface area contributed by atoms with Gasteiger partial charge in [-0.3, -0.25) is 19.4 Å². The van der Waals surface area contributed by atoms with Crippen LogP contribution in [0, 0.1) is 25.2 Å². The number of ether oxygens (including phenoxy) is 4. The Morgan fingerprint density at radius 3 is 2.66 bits per heavy atom. The number of phenols is 1. The molecule has 2 aromatic carbocycles. The molecule has 2 bridgehead atoms. The molecule has 3 N–H and O–H groups in total. The summed E-state index contributed by atoms with van der Waals surface area (Å²) in [4.78, 5) is 29.2. The van der Waals surface area contributed by atoms with Gasteiger partial charge in [-0.2, -0.15) is 5.26 Å². The summed E-state index contributed by atoms with van der Waals surface area (Å²) in [6, 6.07) is 1.45. The van der Waals surface area contributed by atoms with Gasteiger partial charge >= 0.3 is 0 Å². The highest BCUT2D eigenvalue weighted by atomic mass is 19.1. The maximum absolute atomic E-state index is 13.2. The molecule has 13 heteroatoms. The van der Waals surface area contributed by atoms with E-state index in [4.69, 9.17) is 18.9 Å². The van der Waals surface area contributed by atoms with Crippen molar-refractivity contribution in [3.8, 4) is 34.8 Å². The van der Waals surface area contributed by atoms with Gasteiger partial charge in [-0.25, -0.2) is 4.39 Å². The topological polar surface area (TPSA) is 146 Å². The number of benzene rings is 2. The van der Waals surface area contributed by atoms with E-state index in [-0.39, 0.29) is 43.8 Å². The van der Waals surface area contributed by atoms with Crippen LogP contribution in [0.5, 0.6) is 28.7 Å². The van der Waals surface area contributed by atoms with Gasteiger partial charge in [0.2, 0.25) is 12.7 Å². The predicted octanol–water partition coefficient (Wildman–Crippen LogP) is 2.67. The van der Waals surface area contributed by atoms with Gasteiger partial charge in [0.05, 0.1) is 25.3 Å². The minimum Gasteiger partial charge on any atom is -0.504 e. The minimum absolute atomic E-state index is 0.00160. The van der Waals surface area contributed by atoms with Crippen molar-refractivity contribution in [2.24, 2.45) is 0 Å². The van der Waals surface area contributed by atoms with E-state index in [1.165, 1.54) is 14.0 Å². The molecule has 0 aromatic heterocycles. The van der Waals surface area contributed by atoms with Crippen molar-refractivity contribution >= 4 is 11.8 Å². The normalized spacial score (nSPS) is 24.6. The van der Waals surface area contributed by atoms with Gasteiger partial charge in [-0.05, 0) is 51.8 Å². The van der Waals surface area contributed by atoms with Gasteiger partial charge in [0.15, 0.2) is 29.7 Å². The fraction of sp³-hybridized carbons (Fsp3) is 0.500. The number of alkyl halides is 1. The highest BCUT2D eigenvalue weighted by molar-refractivity contribution is 5.87. The molecule has 1 saturated heterocycles. The van der Waals surface area contributed by atoms with Crippen molar-refractivity contribution in [1.29, 1.82) is 5.26 Å². The lowest BCUT2D eigenvalue weighted by Crippen LogP contribution is -2.69. The maximum atomic E-state index is 13.2. The molecule has 2 amide bonds. The van der Waals surface area contributed by atoms with Crippen LogP contribution in [0.2, 0.25) is 0 Å². The first-order valence-electron chi connectivity index (χ1n) is 15.7. The van der Waals surface area contributed by atoms with Crippen LogP contribution >= 0.6 is 0 Å². The molecule has 2 unspecified atom stereocenters. The van der Waals surface area contributed by atoms with Crippen LogP contribution in [-0.2, 0) is 22.4 Å². The first kappa shape index (κ1) is 32.4. The van der Waals surface area contributed by atoms with E-state index in [2.05, 4.69) is 33.1 Å². The van der Waals surface area contributed by atoms with Gasteiger partial charge in [0, 0.05) is 40.9 Å². The summed E-state index contributed by atoms with van der Waals surface area (Å²) < 4.78 is 36.8. The second-order valence-electron chi connectivity index (χ2n) is 12.5. The number of halogens is 1. The largest absolute Gasteiger partial charge is 0.504 e. The number of methoxy groups -OCH3 is 1. The molecule has 1 fully saturated rings. The number of aromatic hydroxyl groups is 1. The summed E-state index contributed by atoms with van der Waals surface area (Å²) >= 11 is 0. The van der Waals surface area contributed by atoms with Crippen molar-refractivity contribution in [3.63, 3.8) is 0 Å². The zero-order valence-electron chi connectivity index (χ0n) is 27.2. The van der Waals surface area contributed by atoms with Crippen LogP contribution in [0.1, 0.15) is 52.4 Å². The van der Waals surface area contributed by atoms with Crippen LogP contribution in [-0.4, -0.2) is 91.7 Å². The standard InChI is InChI=1S/C34H40FN5O7/c1-7-8-45-31-17(3)32-33(47-15-46-32)27-20(31)11-22-28-26-19(9-16(2)30(44-6)29(26)42)10-21(39(28)5)23(13-36)40(22)24(27)14-37-34(43)18(4)38-25(41)12-35/h7,9,18,21-24,28,42H,1,8,10-12,14-15H2,2-6H3,(H,37,43)(H,38,41)/t18-,21-,22?,23?,24-,28+/m0/s1. The average Bonchev–Trinajstić information content (AvgIpc) is 3.54. The zero-order chi connectivity index (χ0) is 33.7. The number of nitriles is 1. The van der Waals surface area contributed by atoms with Crippen LogP contribution in [0.25, 0.3) is 0 Å². The van der Waals surface area contributed by atoms with E-state index in [9.17, 15) is 24.3 Å². The number of hydrogen-bond donors (Lipinski definition) is 3. The summed E-state index contributed by atoms with van der Waals surface area (Å²) in [7, 11) is 3.51. The highest BCUT2D eigenvalue weighted by Gasteiger charge is 2.56. The number of rotatable bonds is 9. The lowest BCUT2D eigenvalue weighted by molar-refractivity contribution is -0.129. The lowest BCUT2D eigenvalue weighted by Gasteiger charge is -2.60. The molecule has 4 heterocycles. The highest BCUT2D eigenvalue weighted by Crippen LogP contribution is 2.58. The number of piperazine rings is 1. The van der Waals surface area contributed by atoms with E-state index in [0.29, 0.717) is 35.8 Å². The summed E-state index contributed by atoms with van der Waals surface area (Å²) in [6.45, 7) is 8.13. The molecule has 6 atom stereocenters. The maximum Gasteiger partial charge on any atom is 0.252 e. The van der Waals surface area contributed by atoms with Gasteiger partial charge in [0.25, 0.3) is 5.91 Å². The van der Waals surface area contributed by atoms with E-state index in [0.717, 1.165) is 33.4 Å². The summed E-state index contributed by atoms with van der Waals surface area (Å²) in [5.74, 6) is 0.760. The smallest absolute Gasteiger partial charge is 0.252 e. The Bertz CT molecular complexity index is 1680. The second-order valence-corrected chi connectivity index (χ2v) is 12.5. The molecule has 0 spiro atoms. The predicted molar refractivity (Wildman–Crippen MR) is 168 cm³/mol. The van der Waals surface area contributed by atoms with E-state index in [1.54, 1.807) is 6.08 Å². The first-order chi connectivity index (χ1) is 22.6. The van der Waals surface area contributed by atoms with E-state index < -0.39 is 36.6 Å². The third-order valence-electron chi connectivity index (χ3n) is 9.97. The van der Waals surface area contributed by atoms with Crippen LogP contribution in [0.3, 0.4) is 0 Å². The van der Waals surface area contributed by atoms with Crippen molar-refractivity contribution in [3.05, 3.63) is 52.1 Å². The number of carbonyl (C=O) groups excluding carboxylic acids is 2. The molecule has 6 rings (SSSR count). The molecule has 0 radical (unpaired) electrons. The van der Waals surface area contributed by atoms with Gasteiger partial charge in [-0.1, -0.05) is 18.7 Å². The number of phenolic OH excluding ortho intramolecular Hbond substituents is 1. The fourth-order valence-electron chi connectivity index (χ4n) is 8.06. The quantitative estimate of drug-likeness (QED) is 0.347. The lowest BCUT2D eigenvalue weighted by atomic mass is 9.71. The third-order valence-corrected chi connectivity index (χ3v) is 9.97. The zero-order valence-corrected chi connectivity index (χ0v) is 27.2. The molecular formula is C34H40FN5O7. The molecule has 47 heavy (non-hydrogen) atoms. The molecule has 4 aliphatic heterocycles. The van der Waals surface area contributed by atoms with Crippen LogP contribution in [0.4, 0.5) is 4.39 Å². The van der Waals surface area contributed by atoms with Crippen LogP contribution in [0.15, 0.2) is 18.7 Å². The number of likely N-dealkylation sites (N-methyl/N-ethyl adjacent to an activating group) is 1.